The summed E-state index contributed by atoms with van der Waals surface area (Å²) in [5.41, 5.74) is 1.47. The fraction of sp³-hybridized carbons (Fsp3) is 0.208. The quantitative estimate of drug-likeness (QED) is 0.465. The van der Waals surface area contributed by atoms with Gasteiger partial charge < -0.3 is 14.6 Å². The molecular weight excluding hydrogens is 472 g/mol. The van der Waals surface area contributed by atoms with Gasteiger partial charge in [-0.05, 0) is 49.2 Å². The summed E-state index contributed by atoms with van der Waals surface area (Å²) in [5, 5.41) is 3.73. The van der Waals surface area contributed by atoms with Crippen molar-refractivity contribution in [2.45, 2.75) is 30.3 Å². The van der Waals surface area contributed by atoms with E-state index in [1.54, 1.807) is 40.5 Å². The summed E-state index contributed by atoms with van der Waals surface area (Å²) >= 11 is 1.56. The van der Waals surface area contributed by atoms with E-state index in [-0.39, 0.29) is 17.3 Å². The van der Waals surface area contributed by atoms with Crippen LogP contribution in [-0.4, -0.2) is 42.6 Å². The number of sulfonamides is 1. The van der Waals surface area contributed by atoms with Gasteiger partial charge in [-0.15, -0.1) is 15.7 Å². The number of amides is 1. The lowest BCUT2D eigenvalue weighted by molar-refractivity contribution is -0.124. The summed E-state index contributed by atoms with van der Waals surface area (Å²) in [4.78, 5) is 19.6. The molecule has 4 aromatic rings. The third kappa shape index (κ3) is 3.59. The number of aromatic nitrogens is 1. The SMILES string of the molecule is O=C(NCc1ccc(-c2nc3ccccc3s2)o1)[C@@H]1CCCN1C1=NS(=O)(=O)c2ccccc21. The van der Waals surface area contributed by atoms with Crippen LogP contribution in [0, 0.1) is 0 Å². The third-order valence-corrected chi connectivity index (χ3v) is 8.42. The van der Waals surface area contributed by atoms with Crippen LogP contribution in [0.2, 0.25) is 0 Å². The summed E-state index contributed by atoms with van der Waals surface area (Å²) < 4.78 is 35.9. The topological polar surface area (TPSA) is 105 Å². The molecule has 34 heavy (non-hydrogen) atoms. The minimum Gasteiger partial charge on any atom is -0.457 e. The van der Waals surface area contributed by atoms with Gasteiger partial charge in [0.05, 0.1) is 16.8 Å². The Morgan fingerprint density at radius 3 is 2.82 bits per heavy atom. The molecule has 4 heterocycles. The highest BCUT2D eigenvalue weighted by atomic mass is 32.2. The lowest BCUT2D eigenvalue weighted by Gasteiger charge is -2.25. The second kappa shape index (κ2) is 8.07. The number of carbonyl (C=O) groups is 1. The fourth-order valence-electron chi connectivity index (χ4n) is 4.45. The molecule has 0 aliphatic carbocycles. The second-order valence-corrected chi connectivity index (χ2v) is 10.8. The lowest BCUT2D eigenvalue weighted by atomic mass is 10.1. The number of fused-ring (bicyclic) bond motifs is 2. The first-order valence-electron chi connectivity index (χ1n) is 10.9. The molecule has 1 atom stereocenters. The number of nitrogens with zero attached hydrogens (tertiary/aromatic N) is 3. The molecule has 1 amide bonds. The van der Waals surface area contributed by atoms with Gasteiger partial charge in [0, 0.05) is 12.1 Å². The molecule has 2 aliphatic rings. The Hall–Kier alpha value is -3.50. The maximum atomic E-state index is 13.0. The van der Waals surface area contributed by atoms with Crippen LogP contribution in [-0.2, 0) is 21.4 Å². The molecule has 1 fully saturated rings. The predicted octanol–water partition coefficient (Wildman–Crippen LogP) is 3.79. The van der Waals surface area contributed by atoms with Crippen molar-refractivity contribution in [2.24, 2.45) is 4.40 Å². The Balaban J connectivity index is 1.16. The molecule has 1 N–H and O–H groups in total. The monoisotopic (exact) mass is 492 g/mol. The molecule has 172 valence electrons. The average Bonchev–Trinajstić information content (AvgIpc) is 3.62. The Labute approximate surface area is 200 Å². The van der Waals surface area contributed by atoms with Gasteiger partial charge in [0.15, 0.2) is 16.6 Å². The zero-order valence-corrected chi connectivity index (χ0v) is 19.6. The van der Waals surface area contributed by atoms with E-state index < -0.39 is 16.1 Å². The van der Waals surface area contributed by atoms with Crippen molar-refractivity contribution in [1.29, 1.82) is 0 Å². The van der Waals surface area contributed by atoms with E-state index in [9.17, 15) is 13.2 Å². The number of hydrogen-bond acceptors (Lipinski definition) is 7. The molecule has 2 aliphatic heterocycles. The maximum absolute atomic E-state index is 13.0. The smallest absolute Gasteiger partial charge is 0.285 e. The van der Waals surface area contributed by atoms with Crippen molar-refractivity contribution >= 4 is 43.3 Å². The van der Waals surface area contributed by atoms with Gasteiger partial charge in [-0.3, -0.25) is 4.79 Å². The van der Waals surface area contributed by atoms with Crippen LogP contribution in [0.15, 0.2) is 74.4 Å². The zero-order valence-electron chi connectivity index (χ0n) is 18.0. The van der Waals surface area contributed by atoms with Crippen LogP contribution in [0.5, 0.6) is 0 Å². The number of furan rings is 1. The van der Waals surface area contributed by atoms with Crippen LogP contribution in [0.3, 0.4) is 0 Å². The Bertz CT molecular complexity index is 1520. The number of nitrogens with one attached hydrogen (secondary N) is 1. The molecule has 2 aromatic heterocycles. The minimum absolute atomic E-state index is 0.181. The van der Waals surface area contributed by atoms with Crippen LogP contribution in [0.25, 0.3) is 21.0 Å². The molecular formula is C24H20N4O4S2. The normalized spacial score (nSPS) is 18.8. The van der Waals surface area contributed by atoms with Crippen molar-refractivity contribution in [3.05, 3.63) is 72.0 Å². The number of rotatable bonds is 4. The standard InChI is InChI=1S/C24H20N4O4S2/c29-23(18-8-5-13-28(18)22-16-6-1-4-10-21(16)34(30,31)27-22)25-14-15-11-12-19(32-15)24-26-17-7-2-3-9-20(17)33-24/h1-4,6-7,9-12,18H,5,8,13-14H2,(H,25,29)/t18-/m0/s1. The number of thiazole rings is 1. The van der Waals surface area contributed by atoms with Crippen LogP contribution in [0.1, 0.15) is 24.2 Å². The fourth-order valence-corrected chi connectivity index (χ4v) is 6.59. The van der Waals surface area contributed by atoms with Gasteiger partial charge >= 0.3 is 0 Å². The summed E-state index contributed by atoms with van der Waals surface area (Å²) in [6.45, 7) is 0.804. The van der Waals surface area contributed by atoms with E-state index in [1.165, 1.54) is 0 Å². The van der Waals surface area contributed by atoms with Gasteiger partial charge in [-0.2, -0.15) is 8.42 Å². The number of amidine groups is 1. The van der Waals surface area contributed by atoms with E-state index in [4.69, 9.17) is 4.42 Å². The molecule has 8 nitrogen and oxygen atoms in total. The van der Waals surface area contributed by atoms with Gasteiger partial charge in [0.25, 0.3) is 10.0 Å². The first-order chi connectivity index (χ1) is 16.5. The highest BCUT2D eigenvalue weighted by molar-refractivity contribution is 7.90. The summed E-state index contributed by atoms with van der Waals surface area (Å²) in [6.07, 6.45) is 1.41. The summed E-state index contributed by atoms with van der Waals surface area (Å²) in [6, 6.07) is 17.8. The van der Waals surface area contributed by atoms with Crippen molar-refractivity contribution in [2.75, 3.05) is 6.54 Å². The van der Waals surface area contributed by atoms with Gasteiger partial charge in [0.1, 0.15) is 16.7 Å². The molecule has 0 bridgehead atoms. The van der Waals surface area contributed by atoms with Crippen molar-refractivity contribution in [3.63, 3.8) is 0 Å². The molecule has 10 heteroatoms. The molecule has 0 unspecified atom stereocenters. The van der Waals surface area contributed by atoms with Gasteiger partial charge in [-0.25, -0.2) is 4.98 Å². The third-order valence-electron chi connectivity index (χ3n) is 6.04. The van der Waals surface area contributed by atoms with E-state index in [0.717, 1.165) is 21.6 Å². The van der Waals surface area contributed by atoms with Crippen LogP contribution < -0.4 is 5.32 Å². The Kier molecular flexibility index (Phi) is 5.00. The Morgan fingerprint density at radius 1 is 1.12 bits per heavy atom. The van der Waals surface area contributed by atoms with Crippen molar-refractivity contribution < 1.29 is 17.6 Å². The van der Waals surface area contributed by atoms with Crippen LogP contribution in [0.4, 0.5) is 0 Å². The van der Waals surface area contributed by atoms with E-state index >= 15 is 0 Å². The van der Waals surface area contributed by atoms with E-state index in [1.807, 2.05) is 36.4 Å². The molecule has 1 saturated heterocycles. The first kappa shape index (κ1) is 21.1. The average molecular weight is 493 g/mol. The highest BCUT2D eigenvalue weighted by Crippen LogP contribution is 2.32. The van der Waals surface area contributed by atoms with E-state index in [0.29, 0.717) is 35.9 Å². The maximum Gasteiger partial charge on any atom is 0.285 e. The second-order valence-electron chi connectivity index (χ2n) is 8.21. The minimum atomic E-state index is -3.74. The highest BCUT2D eigenvalue weighted by Gasteiger charge is 2.39. The summed E-state index contributed by atoms with van der Waals surface area (Å²) in [5.74, 6) is 1.46. The first-order valence-corrected chi connectivity index (χ1v) is 13.2. The summed E-state index contributed by atoms with van der Waals surface area (Å²) in [7, 11) is -3.74. The number of hydrogen-bond donors (Lipinski definition) is 1. The molecule has 2 aromatic carbocycles. The van der Waals surface area contributed by atoms with Crippen molar-refractivity contribution in [1.82, 2.24) is 15.2 Å². The predicted molar refractivity (Wildman–Crippen MR) is 129 cm³/mol. The van der Waals surface area contributed by atoms with Gasteiger partial charge in [0.2, 0.25) is 5.91 Å². The number of likely N-dealkylation sites (tertiary alicyclic amines) is 1. The van der Waals surface area contributed by atoms with E-state index in [2.05, 4.69) is 14.7 Å². The van der Waals surface area contributed by atoms with Gasteiger partial charge in [-0.1, -0.05) is 24.3 Å². The zero-order chi connectivity index (χ0) is 23.3. The largest absolute Gasteiger partial charge is 0.457 e. The molecule has 6 rings (SSSR count). The number of carbonyl (C=O) groups excluding carboxylic acids is 1. The van der Waals surface area contributed by atoms with Crippen LogP contribution >= 0.6 is 11.3 Å². The molecule has 0 saturated carbocycles. The molecule has 0 radical (unpaired) electrons. The number of para-hydroxylation sites is 1. The number of benzene rings is 2. The van der Waals surface area contributed by atoms with Crippen molar-refractivity contribution in [3.8, 4) is 10.8 Å². The lowest BCUT2D eigenvalue weighted by Crippen LogP contribution is -2.45. The molecule has 0 spiro atoms. The Morgan fingerprint density at radius 2 is 1.94 bits per heavy atom.